The highest BCUT2D eigenvalue weighted by molar-refractivity contribution is 4.95. The van der Waals surface area contributed by atoms with Crippen LogP contribution in [0.2, 0.25) is 0 Å². The topological polar surface area (TPSA) is 23.5 Å². The lowest BCUT2D eigenvalue weighted by Crippen LogP contribution is -2.29. The normalized spacial score (nSPS) is 10.8. The molecule has 0 spiro atoms. The number of hydrogen-bond donors (Lipinski definition) is 1. The first-order valence-corrected chi connectivity index (χ1v) is 5.24. The van der Waals surface area contributed by atoms with Gasteiger partial charge < -0.3 is 5.11 Å². The van der Waals surface area contributed by atoms with Gasteiger partial charge in [-0.3, -0.25) is 4.90 Å². The van der Waals surface area contributed by atoms with Gasteiger partial charge in [0.2, 0.25) is 0 Å². The summed E-state index contributed by atoms with van der Waals surface area (Å²) < 4.78 is 0. The molecule has 0 saturated carbocycles. The Bertz CT molecular complexity index is 134. The van der Waals surface area contributed by atoms with E-state index in [0.29, 0.717) is 0 Å². The summed E-state index contributed by atoms with van der Waals surface area (Å²) in [4.78, 5) is 2.27. The number of aliphatic hydroxyl groups excluding tert-OH is 1. The molecule has 0 amide bonds. The summed E-state index contributed by atoms with van der Waals surface area (Å²) in [6.45, 7) is 11.3. The molecule has 0 bridgehead atoms. The Morgan fingerprint density at radius 2 is 2.00 bits per heavy atom. The molecule has 0 radical (unpaired) electrons. The fourth-order valence-corrected chi connectivity index (χ4v) is 1.22. The monoisotopic (exact) mass is 185 g/mol. The maximum absolute atomic E-state index is 8.85. The van der Waals surface area contributed by atoms with Crippen LogP contribution >= 0.6 is 0 Å². The average molecular weight is 185 g/mol. The molecule has 0 aromatic heterocycles. The Kier molecular flexibility index (Phi) is 8.05. The minimum Gasteiger partial charge on any atom is -0.395 e. The van der Waals surface area contributed by atoms with Crippen LogP contribution in [0.15, 0.2) is 12.2 Å². The fraction of sp³-hybridized carbons (Fsp3) is 0.818. The molecule has 0 saturated heterocycles. The van der Waals surface area contributed by atoms with Crippen LogP contribution in [-0.4, -0.2) is 36.2 Å². The van der Waals surface area contributed by atoms with Crippen LogP contribution in [0.3, 0.4) is 0 Å². The van der Waals surface area contributed by atoms with E-state index in [0.717, 1.165) is 26.1 Å². The van der Waals surface area contributed by atoms with Crippen molar-refractivity contribution in [3.05, 3.63) is 12.2 Å². The molecule has 2 nitrogen and oxygen atoms in total. The SMILES string of the molecule is C=C(CC)CN(CCO)CCCC. The molecule has 0 aliphatic carbocycles. The van der Waals surface area contributed by atoms with E-state index in [1.807, 2.05) is 0 Å². The Morgan fingerprint density at radius 1 is 1.31 bits per heavy atom. The van der Waals surface area contributed by atoms with Crippen molar-refractivity contribution in [2.75, 3.05) is 26.2 Å². The third-order valence-electron chi connectivity index (χ3n) is 2.19. The highest BCUT2D eigenvalue weighted by Gasteiger charge is 2.03. The molecule has 0 aliphatic heterocycles. The molecule has 0 aromatic carbocycles. The number of hydrogen-bond acceptors (Lipinski definition) is 2. The molecule has 13 heavy (non-hydrogen) atoms. The maximum atomic E-state index is 8.85. The molecular weight excluding hydrogens is 162 g/mol. The number of unbranched alkanes of at least 4 members (excludes halogenated alkanes) is 1. The van der Waals surface area contributed by atoms with E-state index in [4.69, 9.17) is 5.11 Å². The van der Waals surface area contributed by atoms with Gasteiger partial charge in [-0.15, -0.1) is 0 Å². The summed E-state index contributed by atoms with van der Waals surface area (Å²) in [6.07, 6.45) is 3.45. The van der Waals surface area contributed by atoms with Crippen LogP contribution < -0.4 is 0 Å². The van der Waals surface area contributed by atoms with E-state index in [-0.39, 0.29) is 6.61 Å². The summed E-state index contributed by atoms with van der Waals surface area (Å²) in [7, 11) is 0. The molecule has 0 atom stereocenters. The van der Waals surface area contributed by atoms with Crippen molar-refractivity contribution in [1.29, 1.82) is 0 Å². The van der Waals surface area contributed by atoms with Crippen molar-refractivity contribution < 1.29 is 5.11 Å². The van der Waals surface area contributed by atoms with Crippen molar-refractivity contribution >= 4 is 0 Å². The third kappa shape index (κ3) is 6.79. The second-order valence-electron chi connectivity index (χ2n) is 3.46. The summed E-state index contributed by atoms with van der Waals surface area (Å²) >= 11 is 0. The van der Waals surface area contributed by atoms with E-state index >= 15 is 0 Å². The van der Waals surface area contributed by atoms with E-state index < -0.39 is 0 Å². The molecule has 0 unspecified atom stereocenters. The zero-order valence-electron chi connectivity index (χ0n) is 9.05. The van der Waals surface area contributed by atoms with Crippen LogP contribution in [0, 0.1) is 0 Å². The molecular formula is C11H23NO. The van der Waals surface area contributed by atoms with Gasteiger partial charge in [0.15, 0.2) is 0 Å². The van der Waals surface area contributed by atoms with Gasteiger partial charge in [0.25, 0.3) is 0 Å². The van der Waals surface area contributed by atoms with Crippen LogP contribution in [0.1, 0.15) is 33.1 Å². The summed E-state index contributed by atoms with van der Waals surface area (Å²) in [5, 5.41) is 8.85. The Hall–Kier alpha value is -0.340. The third-order valence-corrected chi connectivity index (χ3v) is 2.19. The Morgan fingerprint density at radius 3 is 2.46 bits per heavy atom. The van der Waals surface area contributed by atoms with Crippen molar-refractivity contribution in [3.8, 4) is 0 Å². The summed E-state index contributed by atoms with van der Waals surface area (Å²) in [6, 6.07) is 0. The first-order chi connectivity index (χ1) is 6.24. The molecule has 1 N–H and O–H groups in total. The average Bonchev–Trinajstić information content (AvgIpc) is 2.14. The largest absolute Gasteiger partial charge is 0.395 e. The first kappa shape index (κ1) is 12.7. The number of nitrogens with zero attached hydrogens (tertiary/aromatic N) is 1. The van der Waals surface area contributed by atoms with Gasteiger partial charge in [0, 0.05) is 13.1 Å². The molecule has 0 heterocycles. The number of aliphatic hydroxyl groups is 1. The predicted octanol–water partition coefficient (Wildman–Crippen LogP) is 2.05. The molecule has 0 fully saturated rings. The zero-order valence-corrected chi connectivity index (χ0v) is 9.05. The molecule has 2 heteroatoms. The minimum absolute atomic E-state index is 0.251. The fourth-order valence-electron chi connectivity index (χ4n) is 1.22. The van der Waals surface area contributed by atoms with Crippen LogP contribution in [0.5, 0.6) is 0 Å². The zero-order chi connectivity index (χ0) is 10.1. The standard InChI is InChI=1S/C11H23NO/c1-4-6-7-12(8-9-13)10-11(3)5-2/h13H,3-10H2,1-2H3. The van der Waals surface area contributed by atoms with Gasteiger partial charge in [-0.25, -0.2) is 0 Å². The van der Waals surface area contributed by atoms with Crippen molar-refractivity contribution in [1.82, 2.24) is 4.90 Å². The van der Waals surface area contributed by atoms with E-state index in [1.165, 1.54) is 18.4 Å². The van der Waals surface area contributed by atoms with E-state index in [2.05, 4.69) is 25.3 Å². The lowest BCUT2D eigenvalue weighted by Gasteiger charge is -2.21. The van der Waals surface area contributed by atoms with Gasteiger partial charge in [0.1, 0.15) is 0 Å². The maximum Gasteiger partial charge on any atom is 0.0558 e. The van der Waals surface area contributed by atoms with Crippen molar-refractivity contribution in [2.24, 2.45) is 0 Å². The van der Waals surface area contributed by atoms with Crippen LogP contribution in [0.4, 0.5) is 0 Å². The first-order valence-electron chi connectivity index (χ1n) is 5.24. The summed E-state index contributed by atoms with van der Waals surface area (Å²) in [5.74, 6) is 0. The quantitative estimate of drug-likeness (QED) is 0.585. The molecule has 0 rings (SSSR count). The second kappa shape index (κ2) is 8.27. The van der Waals surface area contributed by atoms with Gasteiger partial charge in [0.05, 0.1) is 6.61 Å². The van der Waals surface area contributed by atoms with Gasteiger partial charge in [-0.1, -0.05) is 32.4 Å². The molecule has 0 aromatic rings. The second-order valence-corrected chi connectivity index (χ2v) is 3.46. The van der Waals surface area contributed by atoms with Gasteiger partial charge in [-0.2, -0.15) is 0 Å². The highest BCUT2D eigenvalue weighted by Crippen LogP contribution is 2.02. The number of rotatable bonds is 8. The van der Waals surface area contributed by atoms with Crippen molar-refractivity contribution in [3.63, 3.8) is 0 Å². The van der Waals surface area contributed by atoms with E-state index in [9.17, 15) is 0 Å². The van der Waals surface area contributed by atoms with Crippen molar-refractivity contribution in [2.45, 2.75) is 33.1 Å². The van der Waals surface area contributed by atoms with Crippen LogP contribution in [-0.2, 0) is 0 Å². The minimum atomic E-state index is 0.251. The van der Waals surface area contributed by atoms with Gasteiger partial charge in [-0.05, 0) is 19.4 Å². The lowest BCUT2D eigenvalue weighted by atomic mass is 10.2. The summed E-state index contributed by atoms with van der Waals surface area (Å²) in [5.41, 5.74) is 1.25. The van der Waals surface area contributed by atoms with Crippen LogP contribution in [0.25, 0.3) is 0 Å². The highest BCUT2D eigenvalue weighted by atomic mass is 16.3. The lowest BCUT2D eigenvalue weighted by molar-refractivity contribution is 0.203. The Labute approximate surface area is 82.3 Å². The smallest absolute Gasteiger partial charge is 0.0558 e. The van der Waals surface area contributed by atoms with E-state index in [1.54, 1.807) is 0 Å². The molecule has 0 aliphatic rings. The predicted molar refractivity (Wildman–Crippen MR) is 57.9 cm³/mol. The Balaban J connectivity index is 3.71. The van der Waals surface area contributed by atoms with Gasteiger partial charge >= 0.3 is 0 Å². The molecule has 78 valence electrons.